The lowest BCUT2D eigenvalue weighted by atomic mass is 10.2. The Morgan fingerprint density at radius 2 is 0.750 bits per heavy atom. The van der Waals surface area contributed by atoms with Gasteiger partial charge >= 0.3 is 0 Å². The fourth-order valence-corrected chi connectivity index (χ4v) is 11.1. The molecule has 0 atom stereocenters. The number of benzene rings is 7. The van der Waals surface area contributed by atoms with Crippen molar-refractivity contribution < 1.29 is 14.0 Å². The van der Waals surface area contributed by atoms with Gasteiger partial charge in [0.05, 0.1) is 44.1 Å². The Hall–Kier alpha value is -6.03. The smallest absolute Gasteiger partial charge is 0.185 e. The van der Waals surface area contributed by atoms with E-state index in [4.69, 9.17) is 9.47 Å². The lowest BCUT2D eigenvalue weighted by Crippen LogP contribution is -2.36. The normalized spacial score (nSPS) is 14.0. The molecule has 0 fully saturated rings. The van der Waals surface area contributed by atoms with Crippen LogP contribution in [0.1, 0.15) is 0 Å². The van der Waals surface area contributed by atoms with E-state index in [0.29, 0.717) is 38.9 Å². The van der Waals surface area contributed by atoms with Crippen LogP contribution in [-0.2, 0) is 4.57 Å². The van der Waals surface area contributed by atoms with Gasteiger partial charge in [-0.1, -0.05) is 97.1 Å². The summed E-state index contributed by atoms with van der Waals surface area (Å²) in [6.07, 6.45) is 0. The molecule has 2 aromatic heterocycles. The summed E-state index contributed by atoms with van der Waals surface area (Å²) in [6.45, 7) is 0. The molecule has 0 saturated heterocycles. The first-order valence-corrected chi connectivity index (χ1v) is 17.8. The molecule has 0 saturated carbocycles. The van der Waals surface area contributed by atoms with Gasteiger partial charge in [0.25, 0.3) is 0 Å². The number of para-hydroxylation sites is 6. The third-order valence-corrected chi connectivity index (χ3v) is 13.1. The maximum absolute atomic E-state index is 16.3. The molecule has 0 N–H and O–H groups in total. The number of hydrogen-bond donors (Lipinski definition) is 0. The van der Waals surface area contributed by atoms with E-state index in [1.165, 1.54) is 0 Å². The van der Waals surface area contributed by atoms with Gasteiger partial charge in [-0.15, -0.1) is 0 Å². The highest BCUT2D eigenvalue weighted by Gasteiger charge is 2.48. The van der Waals surface area contributed by atoms with E-state index >= 15 is 4.57 Å². The van der Waals surface area contributed by atoms with Crippen LogP contribution < -0.4 is 25.4 Å². The average molecular weight is 637 g/mol. The van der Waals surface area contributed by atoms with Gasteiger partial charge in [0, 0.05) is 21.5 Å². The molecule has 2 aliphatic heterocycles. The topological polar surface area (TPSA) is 45.4 Å². The largest absolute Gasteiger partial charge is 0.453 e. The van der Waals surface area contributed by atoms with Crippen molar-refractivity contribution in [2.45, 2.75) is 0 Å². The Morgan fingerprint density at radius 3 is 1.15 bits per heavy atom. The van der Waals surface area contributed by atoms with Crippen LogP contribution in [0.4, 0.5) is 0 Å². The number of nitrogens with zero attached hydrogens (tertiary/aromatic N) is 2. The number of hydrogen-bond acceptors (Lipinski definition) is 3. The van der Waals surface area contributed by atoms with Gasteiger partial charge in [-0.25, -0.2) is 0 Å². The fourth-order valence-electron chi connectivity index (χ4n) is 7.99. The minimum atomic E-state index is -3.49. The fraction of sp³-hybridized carbons (Fsp3) is 0. The minimum absolute atomic E-state index is 0.553. The molecule has 4 heterocycles. The summed E-state index contributed by atoms with van der Waals surface area (Å²) >= 11 is 0. The highest BCUT2D eigenvalue weighted by Crippen LogP contribution is 2.61. The van der Waals surface area contributed by atoms with Crippen LogP contribution in [0.5, 0.6) is 23.0 Å². The van der Waals surface area contributed by atoms with E-state index in [9.17, 15) is 0 Å². The van der Waals surface area contributed by atoms with Crippen molar-refractivity contribution in [2.75, 3.05) is 0 Å². The average Bonchev–Trinajstić information content (AvgIpc) is 3.65. The SMILES string of the molecule is O=P12c3ccccc3Oc3c(-n4c5ccccc5c5ccccc54)cc(-n4c5ccccc5c5ccccc54)c(c31)Oc1ccccc12. The summed E-state index contributed by atoms with van der Waals surface area (Å²) in [5, 5.41) is 6.50. The lowest BCUT2D eigenvalue weighted by Gasteiger charge is -2.36. The molecule has 11 rings (SSSR count). The number of aromatic nitrogens is 2. The zero-order valence-corrected chi connectivity index (χ0v) is 26.4. The van der Waals surface area contributed by atoms with E-state index in [1.54, 1.807) is 0 Å². The van der Waals surface area contributed by atoms with Crippen molar-refractivity contribution in [3.63, 3.8) is 0 Å². The van der Waals surface area contributed by atoms with Crippen molar-refractivity contribution in [2.24, 2.45) is 0 Å². The predicted molar refractivity (Wildman–Crippen MR) is 195 cm³/mol. The third kappa shape index (κ3) is 3.19. The van der Waals surface area contributed by atoms with E-state index in [2.05, 4.69) is 112 Å². The molecular formula is C42H25N2O3P. The number of fused-ring (bicyclic) bond motifs is 10. The van der Waals surface area contributed by atoms with Crippen molar-refractivity contribution >= 4 is 66.7 Å². The van der Waals surface area contributed by atoms with E-state index in [1.807, 2.05) is 48.5 Å². The van der Waals surface area contributed by atoms with Crippen molar-refractivity contribution in [3.8, 4) is 34.4 Å². The first-order chi connectivity index (χ1) is 23.7. The number of ether oxygens (including phenoxy) is 2. The minimum Gasteiger partial charge on any atom is -0.453 e. The van der Waals surface area contributed by atoms with Crippen LogP contribution in [0.3, 0.4) is 0 Å². The van der Waals surface area contributed by atoms with Crippen molar-refractivity contribution in [1.82, 2.24) is 9.13 Å². The highest BCUT2D eigenvalue weighted by molar-refractivity contribution is 7.86. The Balaban J connectivity index is 1.38. The van der Waals surface area contributed by atoms with E-state index in [-0.39, 0.29) is 0 Å². The van der Waals surface area contributed by atoms with Crippen molar-refractivity contribution in [3.05, 3.63) is 152 Å². The molecule has 6 heteroatoms. The van der Waals surface area contributed by atoms with Crippen LogP contribution in [0.2, 0.25) is 0 Å². The van der Waals surface area contributed by atoms with Gasteiger partial charge < -0.3 is 23.2 Å². The maximum atomic E-state index is 16.3. The third-order valence-electron chi connectivity index (χ3n) is 9.96. The maximum Gasteiger partial charge on any atom is 0.185 e. The van der Waals surface area contributed by atoms with Crippen molar-refractivity contribution in [1.29, 1.82) is 0 Å². The van der Waals surface area contributed by atoms with E-state index < -0.39 is 7.14 Å². The molecule has 5 nitrogen and oxygen atoms in total. The Bertz CT molecular complexity index is 2600. The summed E-state index contributed by atoms with van der Waals surface area (Å²) in [7, 11) is -3.49. The molecule has 48 heavy (non-hydrogen) atoms. The van der Waals surface area contributed by atoms with Crippen LogP contribution in [0, 0.1) is 0 Å². The molecule has 2 aliphatic rings. The Morgan fingerprint density at radius 1 is 0.417 bits per heavy atom. The molecule has 7 aromatic carbocycles. The van der Waals surface area contributed by atoms with Gasteiger partial charge in [-0.05, 0) is 54.6 Å². The summed E-state index contributed by atoms with van der Waals surface area (Å²) in [4.78, 5) is 0. The van der Waals surface area contributed by atoms with Gasteiger partial charge in [0.1, 0.15) is 16.8 Å². The van der Waals surface area contributed by atoms with Crippen LogP contribution in [0.25, 0.3) is 55.0 Å². The van der Waals surface area contributed by atoms with Gasteiger partial charge in [-0.3, -0.25) is 0 Å². The predicted octanol–water partition coefficient (Wildman–Crippen LogP) is 9.73. The quantitative estimate of drug-likeness (QED) is 0.178. The van der Waals surface area contributed by atoms with Gasteiger partial charge in [0.15, 0.2) is 18.6 Å². The first-order valence-electron chi connectivity index (χ1n) is 16.1. The standard InChI is InChI=1S/C42H25N2O3P/c45-48-38-23-11-9-21-36(38)46-40-34(43-30-17-5-1-13-26(30)27-14-2-6-18-31(27)43)25-35(41(42(40)48)47-37-22-10-12-24-39(37)48)44-32-19-7-3-15-28(32)29-16-4-8-20-33(29)44/h1-25H. The molecule has 0 radical (unpaired) electrons. The number of rotatable bonds is 2. The Kier molecular flexibility index (Phi) is 5.04. The second-order valence-electron chi connectivity index (χ2n) is 12.4. The zero-order valence-electron chi connectivity index (χ0n) is 25.5. The van der Waals surface area contributed by atoms with Crippen LogP contribution in [0.15, 0.2) is 152 Å². The molecule has 0 bridgehead atoms. The molecule has 0 aliphatic carbocycles. The monoisotopic (exact) mass is 636 g/mol. The molecule has 0 unspecified atom stereocenters. The van der Waals surface area contributed by atoms with E-state index in [0.717, 1.165) is 55.0 Å². The summed E-state index contributed by atoms with van der Waals surface area (Å²) in [5.41, 5.74) is 5.77. The molecule has 226 valence electrons. The Labute approximate surface area is 275 Å². The second kappa shape index (κ2) is 9.28. The molecule has 9 aromatic rings. The molecular weight excluding hydrogens is 611 g/mol. The lowest BCUT2D eigenvalue weighted by molar-refractivity contribution is 0.459. The highest BCUT2D eigenvalue weighted by atomic mass is 31.2. The summed E-state index contributed by atoms with van der Waals surface area (Å²) < 4.78 is 34.6. The first kappa shape index (κ1) is 26.1. The van der Waals surface area contributed by atoms with Gasteiger partial charge in [-0.2, -0.15) is 0 Å². The second-order valence-corrected chi connectivity index (χ2v) is 15.0. The summed E-state index contributed by atoms with van der Waals surface area (Å²) in [5.74, 6) is 2.31. The summed E-state index contributed by atoms with van der Waals surface area (Å²) in [6, 6.07) is 51.4. The molecule has 0 spiro atoms. The van der Waals surface area contributed by atoms with Crippen LogP contribution >= 0.6 is 7.14 Å². The zero-order chi connectivity index (χ0) is 31.6. The van der Waals surface area contributed by atoms with Gasteiger partial charge in [0.2, 0.25) is 0 Å². The molecule has 0 amide bonds. The van der Waals surface area contributed by atoms with Crippen LogP contribution in [-0.4, -0.2) is 9.13 Å².